The van der Waals surface area contributed by atoms with Crippen molar-refractivity contribution >= 4 is 17.0 Å². The van der Waals surface area contributed by atoms with Gasteiger partial charge in [-0.3, -0.25) is 0 Å². The highest BCUT2D eigenvalue weighted by Crippen LogP contribution is 2.28. The fourth-order valence-electron chi connectivity index (χ4n) is 2.71. The van der Waals surface area contributed by atoms with E-state index in [-0.39, 0.29) is 0 Å². The lowest BCUT2D eigenvalue weighted by molar-refractivity contribution is -0.145. The Morgan fingerprint density at radius 2 is 1.30 bits per heavy atom. The zero-order chi connectivity index (χ0) is 21.9. The van der Waals surface area contributed by atoms with Crippen LogP contribution in [0.2, 0.25) is 0 Å². The summed E-state index contributed by atoms with van der Waals surface area (Å²) in [6.07, 6.45) is -1.12. The number of carboxylic acid groups (broad SMARTS) is 1. The summed E-state index contributed by atoms with van der Waals surface area (Å²) in [6, 6.07) is 23.5. The molecule has 1 atom stereocenters. The minimum Gasteiger partial charge on any atom is -0.478 e. The first kappa shape index (κ1) is 22.6. The standard InChI is InChI=1S/C20H15N3O3.2C2H6/c24-20(25)19(14-8-2-1-3-9-14)26-18-13-7-6-12-17(18)23-21-15-10-4-5-11-16(15)22-23;2*1-2/h1-13,19H,(H,24,25);2*1-2H3. The molecule has 1 heterocycles. The molecular formula is C24H27N3O3. The first-order valence-corrected chi connectivity index (χ1v) is 10.1. The Hall–Kier alpha value is -3.67. The number of carboxylic acids is 1. The highest BCUT2D eigenvalue weighted by Gasteiger charge is 2.23. The monoisotopic (exact) mass is 405 g/mol. The van der Waals surface area contributed by atoms with Crippen molar-refractivity contribution in [3.05, 3.63) is 84.4 Å². The van der Waals surface area contributed by atoms with Gasteiger partial charge in [-0.1, -0.05) is 82.3 Å². The molecule has 30 heavy (non-hydrogen) atoms. The van der Waals surface area contributed by atoms with Gasteiger partial charge in [0.15, 0.2) is 0 Å². The number of ether oxygens (including phenoxy) is 1. The van der Waals surface area contributed by atoms with Crippen molar-refractivity contribution in [3.8, 4) is 11.4 Å². The van der Waals surface area contributed by atoms with Crippen molar-refractivity contribution in [2.24, 2.45) is 0 Å². The number of hydrogen-bond donors (Lipinski definition) is 1. The van der Waals surface area contributed by atoms with E-state index in [1.165, 1.54) is 4.80 Å². The van der Waals surface area contributed by atoms with E-state index < -0.39 is 12.1 Å². The van der Waals surface area contributed by atoms with E-state index in [1.54, 1.807) is 42.5 Å². The van der Waals surface area contributed by atoms with Gasteiger partial charge in [-0.25, -0.2) is 4.79 Å². The van der Waals surface area contributed by atoms with Crippen LogP contribution in [-0.4, -0.2) is 26.1 Å². The van der Waals surface area contributed by atoms with Crippen molar-refractivity contribution in [3.63, 3.8) is 0 Å². The second-order valence-corrected chi connectivity index (χ2v) is 5.69. The minimum atomic E-state index is -1.12. The number of aromatic nitrogens is 3. The van der Waals surface area contributed by atoms with E-state index in [0.29, 0.717) is 17.0 Å². The van der Waals surface area contributed by atoms with E-state index in [0.717, 1.165) is 11.0 Å². The highest BCUT2D eigenvalue weighted by molar-refractivity contribution is 5.75. The second-order valence-electron chi connectivity index (χ2n) is 5.69. The molecule has 0 aliphatic carbocycles. The first-order valence-electron chi connectivity index (χ1n) is 10.1. The summed E-state index contributed by atoms with van der Waals surface area (Å²) in [5.41, 5.74) is 2.64. The molecular weight excluding hydrogens is 378 g/mol. The third-order valence-corrected chi connectivity index (χ3v) is 3.94. The van der Waals surface area contributed by atoms with Crippen LogP contribution in [0.15, 0.2) is 78.9 Å². The first-order chi connectivity index (χ1) is 14.7. The average molecular weight is 405 g/mol. The lowest BCUT2D eigenvalue weighted by Gasteiger charge is -2.17. The van der Waals surface area contributed by atoms with Gasteiger partial charge in [-0.05, 0) is 24.3 Å². The van der Waals surface area contributed by atoms with Crippen molar-refractivity contribution in [1.82, 2.24) is 15.0 Å². The smallest absolute Gasteiger partial charge is 0.349 e. The van der Waals surface area contributed by atoms with E-state index in [2.05, 4.69) is 10.2 Å². The molecule has 1 N–H and O–H groups in total. The Kier molecular flexibility index (Phi) is 8.56. The van der Waals surface area contributed by atoms with Crippen LogP contribution >= 0.6 is 0 Å². The number of aliphatic carboxylic acids is 1. The highest BCUT2D eigenvalue weighted by atomic mass is 16.5. The summed E-state index contributed by atoms with van der Waals surface area (Å²) < 4.78 is 5.84. The Balaban J connectivity index is 0.000000757. The van der Waals surface area contributed by atoms with Crippen LogP contribution in [0.4, 0.5) is 0 Å². The molecule has 0 amide bonds. The molecule has 0 saturated carbocycles. The van der Waals surface area contributed by atoms with Crippen molar-refractivity contribution in [2.75, 3.05) is 0 Å². The van der Waals surface area contributed by atoms with E-state index in [4.69, 9.17) is 4.74 Å². The maximum Gasteiger partial charge on any atom is 0.349 e. The molecule has 1 aromatic heterocycles. The van der Waals surface area contributed by atoms with Crippen LogP contribution in [-0.2, 0) is 4.79 Å². The molecule has 0 radical (unpaired) electrons. The number of carbonyl (C=O) groups is 1. The van der Waals surface area contributed by atoms with Gasteiger partial charge in [0.25, 0.3) is 0 Å². The molecule has 0 spiro atoms. The molecule has 1 unspecified atom stereocenters. The molecule has 6 heteroatoms. The SMILES string of the molecule is CC.CC.O=C(O)C(Oc1ccccc1-n1nc2ccccc2n1)c1ccccc1. The summed E-state index contributed by atoms with van der Waals surface area (Å²) in [4.78, 5) is 13.2. The average Bonchev–Trinajstić information content (AvgIpc) is 3.25. The van der Waals surface area contributed by atoms with Gasteiger partial charge < -0.3 is 9.84 Å². The Labute approximate surface area is 176 Å². The predicted octanol–water partition coefficient (Wildman–Crippen LogP) is 5.68. The number of para-hydroxylation sites is 2. The number of hydrogen-bond acceptors (Lipinski definition) is 4. The topological polar surface area (TPSA) is 77.2 Å². The summed E-state index contributed by atoms with van der Waals surface area (Å²) in [5.74, 6) is -0.673. The van der Waals surface area contributed by atoms with Crippen LogP contribution in [0, 0.1) is 0 Å². The van der Waals surface area contributed by atoms with E-state index in [9.17, 15) is 9.90 Å². The van der Waals surface area contributed by atoms with Gasteiger partial charge >= 0.3 is 5.97 Å². The molecule has 4 aromatic rings. The zero-order valence-corrected chi connectivity index (χ0v) is 17.7. The van der Waals surface area contributed by atoms with Gasteiger partial charge in [0.1, 0.15) is 22.5 Å². The lowest BCUT2D eigenvalue weighted by Crippen LogP contribution is -2.19. The summed E-state index contributed by atoms with van der Waals surface area (Å²) >= 11 is 0. The summed E-state index contributed by atoms with van der Waals surface area (Å²) in [6.45, 7) is 8.00. The fraction of sp³-hybridized carbons (Fsp3) is 0.208. The Morgan fingerprint density at radius 1 is 0.800 bits per heavy atom. The normalized spacial score (nSPS) is 10.8. The zero-order valence-electron chi connectivity index (χ0n) is 17.7. The summed E-state index contributed by atoms with van der Waals surface area (Å²) in [7, 11) is 0. The van der Waals surface area contributed by atoms with Crippen LogP contribution in [0.5, 0.6) is 5.75 Å². The van der Waals surface area contributed by atoms with Crippen LogP contribution in [0.25, 0.3) is 16.7 Å². The van der Waals surface area contributed by atoms with Crippen LogP contribution in [0.1, 0.15) is 39.4 Å². The predicted molar refractivity (Wildman–Crippen MR) is 119 cm³/mol. The minimum absolute atomic E-state index is 0.393. The summed E-state index contributed by atoms with van der Waals surface area (Å²) in [5, 5.41) is 18.5. The lowest BCUT2D eigenvalue weighted by atomic mass is 10.1. The molecule has 4 rings (SSSR count). The quantitative estimate of drug-likeness (QED) is 0.462. The van der Waals surface area contributed by atoms with Gasteiger partial charge in [0.05, 0.1) is 0 Å². The molecule has 0 saturated heterocycles. The third-order valence-electron chi connectivity index (χ3n) is 3.94. The number of nitrogens with zero attached hydrogens (tertiary/aromatic N) is 3. The van der Waals surface area contributed by atoms with Crippen molar-refractivity contribution in [2.45, 2.75) is 33.8 Å². The fourth-order valence-corrected chi connectivity index (χ4v) is 2.71. The molecule has 0 bridgehead atoms. The van der Waals surface area contributed by atoms with Crippen molar-refractivity contribution in [1.29, 1.82) is 0 Å². The molecule has 3 aromatic carbocycles. The maximum absolute atomic E-state index is 11.7. The number of rotatable bonds is 5. The van der Waals surface area contributed by atoms with E-state index in [1.807, 2.05) is 64.1 Å². The van der Waals surface area contributed by atoms with Gasteiger partial charge in [0, 0.05) is 5.56 Å². The van der Waals surface area contributed by atoms with Crippen LogP contribution in [0.3, 0.4) is 0 Å². The number of benzene rings is 3. The Morgan fingerprint density at radius 3 is 1.87 bits per heavy atom. The van der Waals surface area contributed by atoms with Crippen LogP contribution < -0.4 is 4.74 Å². The Bertz CT molecular complexity index is 1030. The molecule has 0 fully saturated rings. The van der Waals surface area contributed by atoms with Gasteiger partial charge in [0.2, 0.25) is 6.10 Å². The maximum atomic E-state index is 11.7. The van der Waals surface area contributed by atoms with Crippen molar-refractivity contribution < 1.29 is 14.6 Å². The molecule has 6 nitrogen and oxygen atoms in total. The molecule has 0 aliphatic heterocycles. The molecule has 0 aliphatic rings. The van der Waals surface area contributed by atoms with Gasteiger partial charge in [-0.15, -0.1) is 15.0 Å². The number of fused-ring (bicyclic) bond motifs is 1. The second kappa shape index (κ2) is 11.4. The third kappa shape index (κ3) is 5.23. The molecule has 156 valence electrons. The largest absolute Gasteiger partial charge is 0.478 e. The van der Waals surface area contributed by atoms with E-state index >= 15 is 0 Å². The van der Waals surface area contributed by atoms with Gasteiger partial charge in [-0.2, -0.15) is 0 Å².